The van der Waals surface area contributed by atoms with Gasteiger partial charge >= 0.3 is 5.97 Å². The SMILES string of the molecule is COc1cc(/C=C2\SC(=Nc3ccc(O)cc3C(=O)O)NC2=O)ccc1O. The number of rotatable bonds is 4. The lowest BCUT2D eigenvalue weighted by molar-refractivity contribution is -0.115. The number of ether oxygens (including phenoxy) is 1. The smallest absolute Gasteiger partial charge is 0.338 e. The molecule has 0 saturated carbocycles. The molecule has 1 saturated heterocycles. The van der Waals surface area contributed by atoms with Gasteiger partial charge in [-0.25, -0.2) is 9.79 Å². The van der Waals surface area contributed by atoms with Crippen molar-refractivity contribution in [2.24, 2.45) is 4.99 Å². The highest BCUT2D eigenvalue weighted by atomic mass is 32.2. The molecule has 27 heavy (non-hydrogen) atoms. The first-order chi connectivity index (χ1) is 12.9. The number of nitrogens with zero attached hydrogens (tertiary/aromatic N) is 1. The van der Waals surface area contributed by atoms with Gasteiger partial charge in [0.1, 0.15) is 5.75 Å². The van der Waals surface area contributed by atoms with Crippen molar-refractivity contribution in [3.63, 3.8) is 0 Å². The van der Waals surface area contributed by atoms with Crippen LogP contribution in [0.5, 0.6) is 17.2 Å². The number of aromatic carboxylic acids is 1. The Morgan fingerprint density at radius 2 is 2.00 bits per heavy atom. The number of aliphatic imine (C=N–C) groups is 1. The van der Waals surface area contributed by atoms with E-state index in [-0.39, 0.29) is 39.6 Å². The van der Waals surface area contributed by atoms with Crippen molar-refractivity contribution in [3.8, 4) is 17.2 Å². The Bertz CT molecular complexity index is 999. The zero-order chi connectivity index (χ0) is 19.6. The number of carboxylic acids is 1. The number of amidine groups is 1. The lowest BCUT2D eigenvalue weighted by atomic mass is 10.2. The molecule has 0 aromatic heterocycles. The first-order valence-electron chi connectivity index (χ1n) is 7.60. The van der Waals surface area contributed by atoms with E-state index in [0.717, 1.165) is 17.8 Å². The molecule has 0 aliphatic carbocycles. The summed E-state index contributed by atoms with van der Waals surface area (Å²) in [6, 6.07) is 8.40. The molecule has 3 rings (SSSR count). The molecule has 8 nitrogen and oxygen atoms in total. The zero-order valence-electron chi connectivity index (χ0n) is 14.0. The third-order valence-corrected chi connectivity index (χ3v) is 4.49. The van der Waals surface area contributed by atoms with Gasteiger partial charge in [0.2, 0.25) is 0 Å². The molecule has 1 aliphatic heterocycles. The number of methoxy groups -OCH3 is 1. The number of carboxylic acid groups (broad SMARTS) is 1. The molecule has 0 unspecified atom stereocenters. The number of hydrogen-bond donors (Lipinski definition) is 4. The van der Waals surface area contributed by atoms with E-state index in [4.69, 9.17) is 4.74 Å². The summed E-state index contributed by atoms with van der Waals surface area (Å²) in [7, 11) is 1.42. The van der Waals surface area contributed by atoms with E-state index in [1.54, 1.807) is 18.2 Å². The van der Waals surface area contributed by atoms with Crippen molar-refractivity contribution in [1.82, 2.24) is 5.32 Å². The zero-order valence-corrected chi connectivity index (χ0v) is 14.8. The molecule has 2 aromatic carbocycles. The highest BCUT2D eigenvalue weighted by Gasteiger charge is 2.24. The Hall–Kier alpha value is -3.46. The molecule has 2 aromatic rings. The van der Waals surface area contributed by atoms with Crippen LogP contribution in [0, 0.1) is 0 Å². The summed E-state index contributed by atoms with van der Waals surface area (Å²) in [6.45, 7) is 0. The Morgan fingerprint density at radius 3 is 2.70 bits per heavy atom. The lowest BCUT2D eigenvalue weighted by Gasteiger charge is -2.04. The van der Waals surface area contributed by atoms with E-state index in [1.165, 1.54) is 25.3 Å². The molecule has 4 N–H and O–H groups in total. The third kappa shape index (κ3) is 4.04. The van der Waals surface area contributed by atoms with Gasteiger partial charge in [-0.3, -0.25) is 4.79 Å². The van der Waals surface area contributed by atoms with E-state index in [2.05, 4.69) is 10.3 Å². The van der Waals surface area contributed by atoms with Crippen molar-refractivity contribution in [1.29, 1.82) is 0 Å². The number of nitrogens with one attached hydrogen (secondary N) is 1. The summed E-state index contributed by atoms with van der Waals surface area (Å²) in [5.41, 5.74) is 0.563. The van der Waals surface area contributed by atoms with Gasteiger partial charge in [-0.15, -0.1) is 0 Å². The number of carbonyl (C=O) groups is 2. The molecule has 1 fully saturated rings. The highest BCUT2D eigenvalue weighted by Crippen LogP contribution is 2.32. The maximum absolute atomic E-state index is 12.2. The van der Waals surface area contributed by atoms with Crippen LogP contribution in [-0.4, -0.2) is 39.5 Å². The van der Waals surface area contributed by atoms with Gasteiger partial charge in [0, 0.05) is 0 Å². The summed E-state index contributed by atoms with van der Waals surface area (Å²) in [6.07, 6.45) is 1.60. The van der Waals surface area contributed by atoms with Crippen LogP contribution in [0.15, 0.2) is 46.3 Å². The van der Waals surface area contributed by atoms with Crippen LogP contribution >= 0.6 is 11.8 Å². The predicted octanol–water partition coefficient (Wildman–Crippen LogP) is 2.70. The number of hydrogen-bond acceptors (Lipinski definition) is 7. The molecule has 0 atom stereocenters. The Kier molecular flexibility index (Phi) is 5.04. The lowest BCUT2D eigenvalue weighted by Crippen LogP contribution is -2.19. The molecule has 0 bridgehead atoms. The van der Waals surface area contributed by atoms with E-state index in [9.17, 15) is 24.9 Å². The largest absolute Gasteiger partial charge is 0.508 e. The molecule has 138 valence electrons. The van der Waals surface area contributed by atoms with Crippen molar-refractivity contribution >= 4 is 40.6 Å². The van der Waals surface area contributed by atoms with Crippen molar-refractivity contribution in [3.05, 3.63) is 52.4 Å². The Balaban J connectivity index is 1.90. The van der Waals surface area contributed by atoms with Crippen LogP contribution in [0.3, 0.4) is 0 Å². The van der Waals surface area contributed by atoms with Gasteiger partial charge < -0.3 is 25.4 Å². The predicted molar refractivity (Wildman–Crippen MR) is 101 cm³/mol. The first-order valence-corrected chi connectivity index (χ1v) is 8.42. The van der Waals surface area contributed by atoms with Crippen LogP contribution < -0.4 is 10.1 Å². The van der Waals surface area contributed by atoms with Gasteiger partial charge in [0.05, 0.1) is 23.3 Å². The van der Waals surface area contributed by atoms with Crippen LogP contribution in [0.4, 0.5) is 5.69 Å². The second-order valence-corrected chi connectivity index (χ2v) is 6.45. The maximum Gasteiger partial charge on any atom is 0.338 e. The summed E-state index contributed by atoms with van der Waals surface area (Å²) in [5.74, 6) is -1.56. The summed E-state index contributed by atoms with van der Waals surface area (Å²) >= 11 is 1.04. The molecule has 0 spiro atoms. The van der Waals surface area contributed by atoms with E-state index in [0.29, 0.717) is 10.5 Å². The van der Waals surface area contributed by atoms with Crippen LogP contribution in [0.1, 0.15) is 15.9 Å². The first kappa shape index (κ1) is 18.3. The van der Waals surface area contributed by atoms with Gasteiger partial charge in [-0.1, -0.05) is 6.07 Å². The molecule has 1 heterocycles. The van der Waals surface area contributed by atoms with Gasteiger partial charge in [0.25, 0.3) is 5.91 Å². The van der Waals surface area contributed by atoms with Gasteiger partial charge in [-0.2, -0.15) is 0 Å². The third-order valence-electron chi connectivity index (χ3n) is 3.58. The molecular formula is C18H14N2O6S. The topological polar surface area (TPSA) is 128 Å². The number of thioether (sulfide) groups is 1. The number of aromatic hydroxyl groups is 2. The number of carbonyl (C=O) groups excluding carboxylic acids is 1. The molecule has 1 amide bonds. The number of phenolic OH excluding ortho intramolecular Hbond substituents is 2. The van der Waals surface area contributed by atoms with Crippen LogP contribution in [-0.2, 0) is 4.79 Å². The van der Waals surface area contributed by atoms with Crippen molar-refractivity contribution in [2.75, 3.05) is 7.11 Å². The number of amides is 1. The number of benzene rings is 2. The Labute approximate surface area is 157 Å². The van der Waals surface area contributed by atoms with Crippen LogP contribution in [0.2, 0.25) is 0 Å². The summed E-state index contributed by atoms with van der Waals surface area (Å²) < 4.78 is 5.04. The van der Waals surface area contributed by atoms with Crippen molar-refractivity contribution in [2.45, 2.75) is 0 Å². The van der Waals surface area contributed by atoms with E-state index >= 15 is 0 Å². The second-order valence-electron chi connectivity index (χ2n) is 5.42. The molecule has 9 heteroatoms. The fraction of sp³-hybridized carbons (Fsp3) is 0.0556. The monoisotopic (exact) mass is 386 g/mol. The van der Waals surface area contributed by atoms with Crippen LogP contribution in [0.25, 0.3) is 6.08 Å². The quantitative estimate of drug-likeness (QED) is 0.595. The maximum atomic E-state index is 12.2. The Morgan fingerprint density at radius 1 is 1.22 bits per heavy atom. The highest BCUT2D eigenvalue weighted by molar-refractivity contribution is 8.18. The minimum atomic E-state index is -1.24. The molecule has 0 radical (unpaired) electrons. The summed E-state index contributed by atoms with van der Waals surface area (Å²) in [4.78, 5) is 27.9. The average molecular weight is 386 g/mol. The van der Waals surface area contributed by atoms with E-state index < -0.39 is 5.97 Å². The minimum Gasteiger partial charge on any atom is -0.508 e. The van der Waals surface area contributed by atoms with Gasteiger partial charge in [-0.05, 0) is 53.7 Å². The molecule has 1 aliphatic rings. The number of phenols is 2. The van der Waals surface area contributed by atoms with E-state index in [1.807, 2.05) is 0 Å². The minimum absolute atomic E-state index is 0.0149. The van der Waals surface area contributed by atoms with Gasteiger partial charge in [0.15, 0.2) is 16.7 Å². The second kappa shape index (κ2) is 7.42. The standard InChI is InChI=1S/C18H14N2O6S/c1-26-14-6-9(2-5-13(14)22)7-15-16(23)20-18(27-15)19-12-4-3-10(21)8-11(12)17(24)25/h2-8,21-22H,1H3,(H,24,25)(H,19,20,23)/b15-7-. The fourth-order valence-corrected chi connectivity index (χ4v) is 3.15. The average Bonchev–Trinajstić information content (AvgIpc) is 2.97. The van der Waals surface area contributed by atoms with Crippen molar-refractivity contribution < 1.29 is 29.6 Å². The summed E-state index contributed by atoms with van der Waals surface area (Å²) in [5, 5.41) is 31.1. The molecular weight excluding hydrogens is 372 g/mol. The fourth-order valence-electron chi connectivity index (χ4n) is 2.32. The normalized spacial score (nSPS) is 16.6.